The summed E-state index contributed by atoms with van der Waals surface area (Å²) in [5.74, 6) is 0.644. The van der Waals surface area contributed by atoms with Gasteiger partial charge in [0.25, 0.3) is 0 Å². The number of nitrogens with two attached hydrogens (primary N) is 1. The largest absolute Gasteiger partial charge is 0.493 e. The van der Waals surface area contributed by atoms with Crippen LogP contribution < -0.4 is 15.2 Å². The fourth-order valence-electron chi connectivity index (χ4n) is 2.44. The molecule has 0 saturated carbocycles. The number of nitrogens with one attached hydrogen (secondary N) is 1. The highest BCUT2D eigenvalue weighted by Gasteiger charge is 2.15. The summed E-state index contributed by atoms with van der Waals surface area (Å²) in [7, 11) is -3.64. The highest BCUT2D eigenvalue weighted by atomic mass is 35.5. The second-order valence-electron chi connectivity index (χ2n) is 6.05. The Hall–Kier alpha value is -1.76. The second-order valence-corrected chi connectivity index (χ2v) is 8.26. The first kappa shape index (κ1) is 20.6. The lowest BCUT2D eigenvalue weighted by atomic mass is 10.2. The van der Waals surface area contributed by atoms with Gasteiger partial charge >= 0.3 is 0 Å². The van der Waals surface area contributed by atoms with Crippen molar-refractivity contribution < 1.29 is 13.2 Å². The van der Waals surface area contributed by atoms with E-state index in [-0.39, 0.29) is 11.4 Å². The first-order valence-corrected chi connectivity index (χ1v) is 10.5. The molecule has 0 fully saturated rings. The summed E-state index contributed by atoms with van der Waals surface area (Å²) in [5.41, 5.74) is 6.81. The first-order valence-electron chi connectivity index (χ1n) is 8.69. The topological polar surface area (TPSA) is 81.4 Å². The normalized spacial score (nSPS) is 11.5. The van der Waals surface area contributed by atoms with Crippen LogP contribution in [-0.2, 0) is 16.6 Å². The van der Waals surface area contributed by atoms with E-state index in [0.29, 0.717) is 28.6 Å². The van der Waals surface area contributed by atoms with Gasteiger partial charge in [-0.25, -0.2) is 13.1 Å². The van der Waals surface area contributed by atoms with Crippen LogP contribution in [-0.4, -0.2) is 15.0 Å². The van der Waals surface area contributed by atoms with Gasteiger partial charge in [0, 0.05) is 22.8 Å². The molecule has 0 unspecified atom stereocenters. The number of rotatable bonds is 10. The molecule has 142 valence electrons. The Bertz CT molecular complexity index is 808. The standard InChI is InChI=1S/C19H25ClN2O3S/c1-2-3-4-5-12-25-19-11-6-16(20)13-15(19)14-22-26(23,24)18-9-7-17(21)8-10-18/h6-11,13,22H,2-5,12,14,21H2,1H3. The Labute approximate surface area is 160 Å². The molecule has 2 aromatic rings. The first-order chi connectivity index (χ1) is 12.4. The number of halogens is 1. The molecule has 0 aromatic heterocycles. The Morgan fingerprint density at radius 1 is 1.08 bits per heavy atom. The molecular weight excluding hydrogens is 372 g/mol. The van der Waals surface area contributed by atoms with E-state index < -0.39 is 10.0 Å². The second kappa shape index (κ2) is 9.80. The Kier molecular flexibility index (Phi) is 7.75. The zero-order valence-electron chi connectivity index (χ0n) is 14.9. The maximum Gasteiger partial charge on any atom is 0.240 e. The lowest BCUT2D eigenvalue weighted by Gasteiger charge is -2.13. The lowest BCUT2D eigenvalue weighted by Crippen LogP contribution is -2.23. The summed E-state index contributed by atoms with van der Waals surface area (Å²) in [6, 6.07) is 11.3. The summed E-state index contributed by atoms with van der Waals surface area (Å²) < 4.78 is 33.2. The van der Waals surface area contributed by atoms with Gasteiger partial charge in [0.1, 0.15) is 5.75 Å². The van der Waals surface area contributed by atoms with Crippen molar-refractivity contribution in [1.29, 1.82) is 0 Å². The van der Waals surface area contributed by atoms with Crippen molar-refractivity contribution in [2.24, 2.45) is 0 Å². The Morgan fingerprint density at radius 3 is 2.50 bits per heavy atom. The Morgan fingerprint density at radius 2 is 1.81 bits per heavy atom. The van der Waals surface area contributed by atoms with Gasteiger partial charge in [0.05, 0.1) is 11.5 Å². The monoisotopic (exact) mass is 396 g/mol. The number of nitrogen functional groups attached to an aromatic ring is 1. The van der Waals surface area contributed by atoms with Crippen LogP contribution in [0.3, 0.4) is 0 Å². The summed E-state index contributed by atoms with van der Waals surface area (Å²) in [5, 5.41) is 0.532. The molecule has 0 amide bonds. The maximum absolute atomic E-state index is 12.4. The van der Waals surface area contributed by atoms with E-state index in [4.69, 9.17) is 22.1 Å². The number of anilines is 1. The van der Waals surface area contributed by atoms with E-state index >= 15 is 0 Å². The van der Waals surface area contributed by atoms with Gasteiger partial charge in [0.15, 0.2) is 0 Å². The Balaban J connectivity index is 2.03. The van der Waals surface area contributed by atoms with Crippen LogP contribution in [0.2, 0.25) is 5.02 Å². The average molecular weight is 397 g/mol. The van der Waals surface area contributed by atoms with E-state index in [1.165, 1.54) is 25.0 Å². The summed E-state index contributed by atoms with van der Waals surface area (Å²) in [6.07, 6.45) is 4.42. The van der Waals surface area contributed by atoms with Crippen molar-refractivity contribution in [2.75, 3.05) is 12.3 Å². The minimum Gasteiger partial charge on any atom is -0.493 e. The molecule has 0 aliphatic rings. The fourth-order valence-corrected chi connectivity index (χ4v) is 3.64. The van der Waals surface area contributed by atoms with E-state index in [1.54, 1.807) is 30.3 Å². The zero-order chi connectivity index (χ0) is 19.0. The van der Waals surface area contributed by atoms with Crippen molar-refractivity contribution in [3.05, 3.63) is 53.1 Å². The van der Waals surface area contributed by atoms with Crippen LogP contribution in [0.15, 0.2) is 47.4 Å². The van der Waals surface area contributed by atoms with Gasteiger partial charge in [-0.1, -0.05) is 37.8 Å². The van der Waals surface area contributed by atoms with E-state index in [2.05, 4.69) is 11.6 Å². The predicted octanol–water partition coefficient (Wildman–Crippen LogP) is 4.36. The molecule has 0 spiro atoms. The number of sulfonamides is 1. The number of hydrogen-bond donors (Lipinski definition) is 2. The van der Waals surface area contributed by atoms with Crippen LogP contribution in [0.25, 0.3) is 0 Å². The number of unbranched alkanes of at least 4 members (excludes halogenated alkanes) is 3. The molecule has 3 N–H and O–H groups in total. The van der Waals surface area contributed by atoms with Gasteiger partial charge in [-0.15, -0.1) is 0 Å². The minimum absolute atomic E-state index is 0.0948. The fraction of sp³-hybridized carbons (Fsp3) is 0.368. The van der Waals surface area contributed by atoms with Gasteiger partial charge in [-0.2, -0.15) is 0 Å². The molecule has 5 nitrogen and oxygen atoms in total. The summed E-state index contributed by atoms with van der Waals surface area (Å²) in [4.78, 5) is 0.163. The van der Waals surface area contributed by atoms with Gasteiger partial charge < -0.3 is 10.5 Å². The zero-order valence-corrected chi connectivity index (χ0v) is 16.4. The molecule has 0 saturated heterocycles. The van der Waals surface area contributed by atoms with Crippen LogP contribution in [0.4, 0.5) is 5.69 Å². The molecule has 7 heteroatoms. The van der Waals surface area contributed by atoms with Gasteiger partial charge in [-0.05, 0) is 48.9 Å². The molecule has 2 rings (SSSR count). The third-order valence-corrected chi connectivity index (χ3v) is 5.57. The van der Waals surface area contributed by atoms with Crippen molar-refractivity contribution in [3.63, 3.8) is 0 Å². The number of ether oxygens (including phenoxy) is 1. The smallest absolute Gasteiger partial charge is 0.240 e. The number of hydrogen-bond acceptors (Lipinski definition) is 4. The number of benzene rings is 2. The van der Waals surface area contributed by atoms with E-state index in [9.17, 15) is 8.42 Å². The molecule has 0 bridgehead atoms. The van der Waals surface area contributed by atoms with Crippen LogP contribution >= 0.6 is 11.6 Å². The van der Waals surface area contributed by atoms with E-state index in [0.717, 1.165) is 12.8 Å². The third-order valence-electron chi connectivity index (χ3n) is 3.92. The predicted molar refractivity (Wildman–Crippen MR) is 106 cm³/mol. The summed E-state index contributed by atoms with van der Waals surface area (Å²) in [6.45, 7) is 2.85. The minimum atomic E-state index is -3.64. The van der Waals surface area contributed by atoms with Crippen molar-refractivity contribution in [3.8, 4) is 5.75 Å². The van der Waals surface area contributed by atoms with Crippen LogP contribution in [0.1, 0.15) is 38.2 Å². The molecule has 0 atom stereocenters. The van der Waals surface area contributed by atoms with Gasteiger partial charge in [-0.3, -0.25) is 0 Å². The molecule has 0 radical (unpaired) electrons. The molecule has 0 aliphatic carbocycles. The van der Waals surface area contributed by atoms with Gasteiger partial charge in [0.2, 0.25) is 10.0 Å². The summed E-state index contributed by atoms with van der Waals surface area (Å²) >= 11 is 6.06. The maximum atomic E-state index is 12.4. The SMILES string of the molecule is CCCCCCOc1ccc(Cl)cc1CNS(=O)(=O)c1ccc(N)cc1. The molecular formula is C19H25ClN2O3S. The lowest BCUT2D eigenvalue weighted by molar-refractivity contribution is 0.302. The molecule has 0 aliphatic heterocycles. The van der Waals surface area contributed by atoms with Crippen LogP contribution in [0, 0.1) is 0 Å². The highest BCUT2D eigenvalue weighted by molar-refractivity contribution is 7.89. The quantitative estimate of drug-likeness (QED) is 0.461. The van der Waals surface area contributed by atoms with E-state index in [1.807, 2.05) is 0 Å². The van der Waals surface area contributed by atoms with Crippen molar-refractivity contribution >= 4 is 27.3 Å². The highest BCUT2D eigenvalue weighted by Crippen LogP contribution is 2.24. The average Bonchev–Trinajstić information content (AvgIpc) is 2.61. The molecule has 2 aromatic carbocycles. The molecule has 26 heavy (non-hydrogen) atoms. The third kappa shape index (κ3) is 6.20. The van der Waals surface area contributed by atoms with Crippen molar-refractivity contribution in [2.45, 2.75) is 44.0 Å². The molecule has 0 heterocycles. The van der Waals surface area contributed by atoms with Crippen molar-refractivity contribution in [1.82, 2.24) is 4.72 Å². The van der Waals surface area contributed by atoms with Crippen LogP contribution in [0.5, 0.6) is 5.75 Å².